The van der Waals surface area contributed by atoms with E-state index in [1.54, 1.807) is 36.0 Å². The van der Waals surface area contributed by atoms with Crippen molar-refractivity contribution in [2.75, 3.05) is 18.5 Å². The number of nitrogens with zero attached hydrogens (tertiary/aromatic N) is 5. The average Bonchev–Trinajstić information content (AvgIpc) is 2.72. The van der Waals surface area contributed by atoms with Gasteiger partial charge in [-0.2, -0.15) is 0 Å². The summed E-state index contributed by atoms with van der Waals surface area (Å²) < 4.78 is 0. The first kappa shape index (κ1) is 20.2. The van der Waals surface area contributed by atoms with Crippen LogP contribution in [0, 0.1) is 0 Å². The van der Waals surface area contributed by atoms with E-state index >= 15 is 0 Å². The van der Waals surface area contributed by atoms with Gasteiger partial charge in [-0.1, -0.05) is 12.8 Å². The lowest BCUT2D eigenvalue weighted by atomic mass is 10.1. The molecular formula is C17H23N7O3. The minimum absolute atomic E-state index is 0.263. The lowest BCUT2D eigenvalue weighted by molar-refractivity contribution is -0.129. The Balaban J connectivity index is 1.84. The number of unbranched alkanes of at least 4 members (excludes halogenated alkanes) is 3. The van der Waals surface area contributed by atoms with E-state index in [0.29, 0.717) is 36.6 Å². The fourth-order valence-corrected chi connectivity index (χ4v) is 2.44. The maximum atomic E-state index is 12.5. The van der Waals surface area contributed by atoms with Gasteiger partial charge < -0.3 is 10.2 Å². The quantitative estimate of drug-likeness (QED) is 0.322. The van der Waals surface area contributed by atoms with E-state index in [2.05, 4.69) is 25.3 Å². The third-order valence-electron chi connectivity index (χ3n) is 3.89. The topological polar surface area (TPSA) is 133 Å². The van der Waals surface area contributed by atoms with Gasteiger partial charge >= 0.3 is 0 Å². The Hall–Kier alpha value is -3.14. The Bertz CT molecular complexity index is 742. The molecule has 2 rings (SSSR count). The summed E-state index contributed by atoms with van der Waals surface area (Å²) >= 11 is 0. The maximum Gasteiger partial charge on any atom is 0.256 e. The van der Waals surface area contributed by atoms with E-state index in [-0.39, 0.29) is 11.8 Å². The molecule has 2 amide bonds. The van der Waals surface area contributed by atoms with Crippen molar-refractivity contribution in [3.8, 4) is 0 Å². The molecule has 0 unspecified atom stereocenters. The van der Waals surface area contributed by atoms with Crippen molar-refractivity contribution < 1.29 is 14.8 Å². The van der Waals surface area contributed by atoms with Gasteiger partial charge in [0.2, 0.25) is 5.91 Å². The highest BCUT2D eigenvalue weighted by Crippen LogP contribution is 2.21. The molecule has 2 aromatic rings. The third-order valence-corrected chi connectivity index (χ3v) is 3.89. The van der Waals surface area contributed by atoms with Crippen molar-refractivity contribution in [2.24, 2.45) is 0 Å². The molecule has 0 atom stereocenters. The molecule has 144 valence electrons. The van der Waals surface area contributed by atoms with Crippen LogP contribution in [0.4, 0.5) is 11.6 Å². The van der Waals surface area contributed by atoms with E-state index < -0.39 is 0 Å². The molecule has 0 radical (unpaired) electrons. The fourth-order valence-electron chi connectivity index (χ4n) is 2.44. The molecule has 0 bridgehead atoms. The summed E-state index contributed by atoms with van der Waals surface area (Å²) in [7, 11) is 1.76. The zero-order chi connectivity index (χ0) is 19.5. The molecule has 0 aliphatic carbocycles. The monoisotopic (exact) mass is 373 g/mol. The van der Waals surface area contributed by atoms with Gasteiger partial charge in [-0.3, -0.25) is 19.8 Å². The Kier molecular flexibility index (Phi) is 8.04. The molecule has 10 heteroatoms. The minimum Gasteiger partial charge on any atom is -0.352 e. The zero-order valence-corrected chi connectivity index (χ0v) is 15.1. The molecular weight excluding hydrogens is 350 g/mol. The SMILES string of the molecule is CN(c1cnccn1)c1ncncc1C(=O)NCCCCCCC(=O)NO. The van der Waals surface area contributed by atoms with Gasteiger partial charge in [-0.15, -0.1) is 0 Å². The first-order chi connectivity index (χ1) is 13.1. The van der Waals surface area contributed by atoms with E-state index in [1.165, 1.54) is 12.5 Å². The molecule has 2 heterocycles. The van der Waals surface area contributed by atoms with Crippen molar-refractivity contribution in [1.82, 2.24) is 30.7 Å². The van der Waals surface area contributed by atoms with Crippen LogP contribution in [0.2, 0.25) is 0 Å². The Labute approximate surface area is 157 Å². The lowest BCUT2D eigenvalue weighted by Crippen LogP contribution is -2.27. The van der Waals surface area contributed by atoms with Crippen molar-refractivity contribution in [2.45, 2.75) is 32.1 Å². The zero-order valence-electron chi connectivity index (χ0n) is 15.1. The smallest absolute Gasteiger partial charge is 0.256 e. The second kappa shape index (κ2) is 10.8. The van der Waals surface area contributed by atoms with Crippen molar-refractivity contribution in [1.29, 1.82) is 0 Å². The molecule has 0 saturated heterocycles. The standard InChI is InChI=1S/C17H23N7O3/c1-24(14-11-18-8-9-20-14)16-13(10-19-12-22-16)17(26)21-7-5-3-2-4-6-15(25)23-27/h8-12,27H,2-7H2,1H3,(H,21,26)(H,23,25). The minimum atomic E-state index is -0.382. The summed E-state index contributed by atoms with van der Waals surface area (Å²) in [4.78, 5) is 41.4. The van der Waals surface area contributed by atoms with Crippen LogP contribution < -0.4 is 15.7 Å². The fraction of sp³-hybridized carbons (Fsp3) is 0.412. The number of aromatic nitrogens is 4. The van der Waals surface area contributed by atoms with Crippen LogP contribution >= 0.6 is 0 Å². The van der Waals surface area contributed by atoms with Crippen molar-refractivity contribution >= 4 is 23.5 Å². The molecule has 10 nitrogen and oxygen atoms in total. The van der Waals surface area contributed by atoms with E-state index in [4.69, 9.17) is 5.21 Å². The van der Waals surface area contributed by atoms with Gasteiger partial charge in [-0.05, 0) is 12.8 Å². The second-order valence-electron chi connectivity index (χ2n) is 5.84. The number of carbonyl (C=O) groups is 2. The summed E-state index contributed by atoms with van der Waals surface area (Å²) in [5, 5.41) is 11.3. The molecule has 0 aliphatic heterocycles. The lowest BCUT2D eigenvalue weighted by Gasteiger charge is -2.19. The van der Waals surface area contributed by atoms with E-state index in [0.717, 1.165) is 19.3 Å². The Morgan fingerprint density at radius 2 is 1.89 bits per heavy atom. The number of carbonyl (C=O) groups excluding carboxylic acids is 2. The largest absolute Gasteiger partial charge is 0.352 e. The Morgan fingerprint density at radius 1 is 1.07 bits per heavy atom. The summed E-state index contributed by atoms with van der Waals surface area (Å²) in [5.74, 6) is 0.364. The first-order valence-electron chi connectivity index (χ1n) is 8.64. The first-order valence-corrected chi connectivity index (χ1v) is 8.64. The van der Waals surface area contributed by atoms with E-state index in [9.17, 15) is 9.59 Å². The Morgan fingerprint density at radius 3 is 2.63 bits per heavy atom. The number of hydroxylamine groups is 1. The van der Waals surface area contributed by atoms with E-state index in [1.807, 2.05) is 0 Å². The highest BCUT2D eigenvalue weighted by molar-refractivity contribution is 5.99. The van der Waals surface area contributed by atoms with Gasteiger partial charge in [0, 0.05) is 38.6 Å². The summed E-state index contributed by atoms with van der Waals surface area (Å²) in [6.45, 7) is 0.508. The molecule has 0 saturated carbocycles. The number of nitrogens with one attached hydrogen (secondary N) is 2. The molecule has 0 fully saturated rings. The van der Waals surface area contributed by atoms with Gasteiger partial charge in [0.15, 0.2) is 5.82 Å². The summed E-state index contributed by atoms with van der Waals surface area (Å²) in [5.41, 5.74) is 1.96. The van der Waals surface area contributed by atoms with Crippen LogP contribution in [0.5, 0.6) is 0 Å². The van der Waals surface area contributed by atoms with Gasteiger partial charge in [-0.25, -0.2) is 20.4 Å². The van der Waals surface area contributed by atoms with Gasteiger partial charge in [0.1, 0.15) is 17.7 Å². The molecule has 0 aliphatic rings. The van der Waals surface area contributed by atoms with Crippen molar-refractivity contribution in [3.05, 3.63) is 36.7 Å². The van der Waals surface area contributed by atoms with Crippen LogP contribution in [0.25, 0.3) is 0 Å². The average molecular weight is 373 g/mol. The predicted molar refractivity (Wildman–Crippen MR) is 97.5 cm³/mol. The van der Waals surface area contributed by atoms with Crippen LogP contribution in [0.3, 0.4) is 0 Å². The molecule has 3 N–H and O–H groups in total. The van der Waals surface area contributed by atoms with Gasteiger partial charge in [0.25, 0.3) is 5.91 Å². The molecule has 0 aromatic carbocycles. The van der Waals surface area contributed by atoms with Crippen LogP contribution in [0.1, 0.15) is 42.5 Å². The van der Waals surface area contributed by atoms with Crippen LogP contribution in [-0.2, 0) is 4.79 Å². The van der Waals surface area contributed by atoms with Gasteiger partial charge in [0.05, 0.1) is 6.20 Å². The predicted octanol–water partition coefficient (Wildman–Crippen LogP) is 1.22. The van der Waals surface area contributed by atoms with Crippen LogP contribution in [0.15, 0.2) is 31.1 Å². The second-order valence-corrected chi connectivity index (χ2v) is 5.84. The molecule has 2 aromatic heterocycles. The third kappa shape index (κ3) is 6.26. The summed E-state index contributed by atoms with van der Waals surface area (Å²) in [6.07, 6.45) is 11.1. The van der Waals surface area contributed by atoms with Crippen molar-refractivity contribution in [3.63, 3.8) is 0 Å². The normalized spacial score (nSPS) is 10.3. The number of anilines is 2. The summed E-state index contributed by atoms with van der Waals surface area (Å²) in [6, 6.07) is 0. The molecule has 0 spiro atoms. The number of rotatable bonds is 10. The number of amides is 2. The highest BCUT2D eigenvalue weighted by Gasteiger charge is 2.17. The van der Waals surface area contributed by atoms with Crippen LogP contribution in [-0.4, -0.2) is 50.5 Å². The number of hydrogen-bond donors (Lipinski definition) is 3. The highest BCUT2D eigenvalue weighted by atomic mass is 16.5. The number of hydrogen-bond acceptors (Lipinski definition) is 8. The molecule has 27 heavy (non-hydrogen) atoms. The maximum absolute atomic E-state index is 12.5.